The molecule has 0 saturated heterocycles. The van der Waals surface area contributed by atoms with E-state index in [4.69, 9.17) is 5.84 Å². The highest BCUT2D eigenvalue weighted by atomic mass is 15.5. The fourth-order valence-electron chi connectivity index (χ4n) is 0.446. The van der Waals surface area contributed by atoms with Crippen molar-refractivity contribution in [1.29, 1.82) is 0 Å². The summed E-state index contributed by atoms with van der Waals surface area (Å²) in [6, 6.07) is 0. The predicted molar refractivity (Wildman–Crippen MR) is 34.4 cm³/mol. The van der Waals surface area contributed by atoms with E-state index in [0.717, 1.165) is 0 Å². The number of hydrogen-bond acceptors (Lipinski definition) is 2. The lowest BCUT2D eigenvalue weighted by molar-refractivity contribution is 0.518. The molecule has 8 heavy (non-hydrogen) atoms. The van der Waals surface area contributed by atoms with Crippen LogP contribution in [0.15, 0.2) is 4.99 Å². The van der Waals surface area contributed by atoms with Crippen LogP contribution in [0.5, 0.6) is 0 Å². The van der Waals surface area contributed by atoms with Crippen molar-refractivity contribution in [2.24, 2.45) is 10.8 Å². The number of guanidine groups is 1. The summed E-state index contributed by atoms with van der Waals surface area (Å²) in [4.78, 5) is 3.81. The lowest BCUT2D eigenvalue weighted by atomic mass is 10.9. The van der Waals surface area contributed by atoms with Gasteiger partial charge < -0.3 is 5.32 Å². The van der Waals surface area contributed by atoms with Crippen molar-refractivity contribution < 1.29 is 0 Å². The first-order chi connectivity index (χ1) is 3.72. The van der Waals surface area contributed by atoms with Crippen molar-refractivity contribution in [2.75, 3.05) is 21.1 Å². The van der Waals surface area contributed by atoms with Crippen molar-refractivity contribution in [3.63, 3.8) is 0 Å². The first-order valence-corrected chi connectivity index (χ1v) is 2.35. The molecule has 0 spiro atoms. The third-order valence-electron chi connectivity index (χ3n) is 0.769. The minimum Gasteiger partial charge on any atom is -0.358 e. The van der Waals surface area contributed by atoms with Gasteiger partial charge in [-0.2, -0.15) is 0 Å². The van der Waals surface area contributed by atoms with Gasteiger partial charge in [-0.3, -0.25) is 10.0 Å². The number of aliphatic imine (C=N–C) groups is 1. The number of nitrogens with two attached hydrogens (primary N) is 1. The van der Waals surface area contributed by atoms with Crippen molar-refractivity contribution in [1.82, 2.24) is 10.3 Å². The normalized spacial score (nSPS) is 11.2. The highest BCUT2D eigenvalue weighted by Gasteiger charge is 1.92. The van der Waals surface area contributed by atoms with E-state index >= 15 is 0 Å². The van der Waals surface area contributed by atoms with Gasteiger partial charge in [-0.1, -0.05) is 0 Å². The van der Waals surface area contributed by atoms with Crippen LogP contribution in [0.25, 0.3) is 0 Å². The number of nitrogens with zero attached hydrogens (tertiary/aromatic N) is 2. The summed E-state index contributed by atoms with van der Waals surface area (Å²) >= 11 is 0. The Kier molecular flexibility index (Phi) is 2.95. The summed E-state index contributed by atoms with van der Waals surface area (Å²) in [6.07, 6.45) is 0. The SMILES string of the molecule is CN=C(NC)N(C)N. The molecule has 48 valence electrons. The van der Waals surface area contributed by atoms with Gasteiger partial charge in [-0.15, -0.1) is 0 Å². The molecule has 4 heteroatoms. The third kappa shape index (κ3) is 1.79. The number of nitrogens with one attached hydrogen (secondary N) is 1. The first kappa shape index (κ1) is 7.23. The van der Waals surface area contributed by atoms with Gasteiger partial charge in [-0.25, -0.2) is 5.84 Å². The Morgan fingerprint density at radius 1 is 1.75 bits per heavy atom. The molecule has 0 saturated carbocycles. The molecule has 3 N–H and O–H groups in total. The molecule has 4 nitrogen and oxygen atoms in total. The Hall–Kier alpha value is -0.770. The minimum absolute atomic E-state index is 0.671. The van der Waals surface area contributed by atoms with Crippen LogP contribution in [0.1, 0.15) is 0 Å². The van der Waals surface area contributed by atoms with Gasteiger partial charge in [0.2, 0.25) is 5.96 Å². The largest absolute Gasteiger partial charge is 0.358 e. The zero-order valence-electron chi connectivity index (χ0n) is 5.47. The number of hydrogen-bond donors (Lipinski definition) is 2. The van der Waals surface area contributed by atoms with Gasteiger partial charge in [0.05, 0.1) is 0 Å². The molecule has 0 atom stereocenters. The van der Waals surface area contributed by atoms with Gasteiger partial charge >= 0.3 is 0 Å². The molecule has 0 bridgehead atoms. The van der Waals surface area contributed by atoms with Gasteiger partial charge in [0.1, 0.15) is 0 Å². The molecule has 0 rings (SSSR count). The number of hydrazine groups is 1. The van der Waals surface area contributed by atoms with Crippen molar-refractivity contribution in [2.45, 2.75) is 0 Å². The van der Waals surface area contributed by atoms with Crippen LogP contribution >= 0.6 is 0 Å². The average molecular weight is 116 g/mol. The van der Waals surface area contributed by atoms with Crippen molar-refractivity contribution >= 4 is 5.96 Å². The standard InChI is InChI=1S/C4H12N4/c1-6-4(7-2)8(3)5/h5H2,1-3H3,(H,6,7). The Morgan fingerprint density at radius 3 is 2.25 bits per heavy atom. The zero-order chi connectivity index (χ0) is 6.57. The summed E-state index contributed by atoms with van der Waals surface area (Å²) in [6.45, 7) is 0. The summed E-state index contributed by atoms with van der Waals surface area (Å²) in [5, 5.41) is 4.22. The molecule has 0 aliphatic carbocycles. The molecule has 0 aliphatic rings. The monoisotopic (exact) mass is 116 g/mol. The van der Waals surface area contributed by atoms with Crippen LogP contribution in [-0.4, -0.2) is 32.1 Å². The predicted octanol–water partition coefficient (Wildman–Crippen LogP) is -1.00. The highest BCUT2D eigenvalue weighted by Crippen LogP contribution is 1.69. The third-order valence-corrected chi connectivity index (χ3v) is 0.769. The Balaban J connectivity index is 3.72. The van der Waals surface area contributed by atoms with E-state index in [-0.39, 0.29) is 0 Å². The molecule has 0 heterocycles. The Bertz CT molecular complexity index is 86.0. The second kappa shape index (κ2) is 3.26. The van der Waals surface area contributed by atoms with Crippen LogP contribution < -0.4 is 11.2 Å². The molecule has 0 unspecified atom stereocenters. The summed E-state index contributed by atoms with van der Waals surface area (Å²) in [7, 11) is 5.17. The lowest BCUT2D eigenvalue weighted by Crippen LogP contribution is -2.41. The van der Waals surface area contributed by atoms with Gasteiger partial charge in [0.15, 0.2) is 0 Å². The molecule has 0 amide bonds. The average Bonchev–Trinajstić information content (AvgIpc) is 1.69. The van der Waals surface area contributed by atoms with Crippen LogP contribution in [-0.2, 0) is 0 Å². The van der Waals surface area contributed by atoms with Gasteiger partial charge in [0, 0.05) is 21.1 Å². The molecule has 0 aromatic heterocycles. The number of rotatable bonds is 0. The van der Waals surface area contributed by atoms with Gasteiger partial charge in [0.25, 0.3) is 0 Å². The topological polar surface area (TPSA) is 53.7 Å². The first-order valence-electron chi connectivity index (χ1n) is 2.35. The van der Waals surface area contributed by atoms with Crippen LogP contribution in [0.3, 0.4) is 0 Å². The second-order valence-corrected chi connectivity index (χ2v) is 1.41. The zero-order valence-corrected chi connectivity index (χ0v) is 5.47. The van der Waals surface area contributed by atoms with E-state index in [0.29, 0.717) is 5.96 Å². The smallest absolute Gasteiger partial charge is 0.207 e. The van der Waals surface area contributed by atoms with E-state index in [9.17, 15) is 0 Å². The van der Waals surface area contributed by atoms with E-state index in [1.54, 1.807) is 21.1 Å². The van der Waals surface area contributed by atoms with Crippen molar-refractivity contribution in [3.8, 4) is 0 Å². The maximum Gasteiger partial charge on any atom is 0.207 e. The maximum absolute atomic E-state index is 5.30. The fraction of sp³-hybridized carbons (Fsp3) is 0.750. The van der Waals surface area contributed by atoms with Crippen LogP contribution in [0, 0.1) is 0 Å². The molecule has 0 fully saturated rings. The quantitative estimate of drug-likeness (QED) is 0.185. The summed E-state index contributed by atoms with van der Waals surface area (Å²) < 4.78 is 0. The molecule has 0 aliphatic heterocycles. The second-order valence-electron chi connectivity index (χ2n) is 1.41. The van der Waals surface area contributed by atoms with E-state index < -0.39 is 0 Å². The molecular weight excluding hydrogens is 104 g/mol. The molecule has 0 aromatic carbocycles. The lowest BCUT2D eigenvalue weighted by Gasteiger charge is -2.12. The Morgan fingerprint density at radius 2 is 2.25 bits per heavy atom. The maximum atomic E-state index is 5.30. The highest BCUT2D eigenvalue weighted by molar-refractivity contribution is 5.78. The minimum atomic E-state index is 0.671. The van der Waals surface area contributed by atoms with E-state index in [2.05, 4.69) is 10.3 Å². The molecular formula is C4H12N4. The molecule has 0 radical (unpaired) electrons. The van der Waals surface area contributed by atoms with Crippen LogP contribution in [0.2, 0.25) is 0 Å². The summed E-state index contributed by atoms with van der Waals surface area (Å²) in [5.41, 5.74) is 0. The fourth-order valence-corrected chi connectivity index (χ4v) is 0.446. The van der Waals surface area contributed by atoms with Gasteiger partial charge in [-0.05, 0) is 0 Å². The van der Waals surface area contributed by atoms with Crippen molar-refractivity contribution in [3.05, 3.63) is 0 Å². The van der Waals surface area contributed by atoms with E-state index in [1.165, 1.54) is 5.01 Å². The van der Waals surface area contributed by atoms with Crippen LogP contribution in [0.4, 0.5) is 0 Å². The van der Waals surface area contributed by atoms with E-state index in [1.807, 2.05) is 0 Å². The summed E-state index contributed by atoms with van der Waals surface area (Å²) in [5.74, 6) is 5.97. The Labute approximate surface area is 49.3 Å². The molecule has 0 aromatic rings.